The van der Waals surface area contributed by atoms with E-state index in [1.165, 1.54) is 56.9 Å². The molecule has 1 N–H and O–H groups in total. The Morgan fingerprint density at radius 3 is 2.38 bits per heavy atom. The van der Waals surface area contributed by atoms with Crippen LogP contribution in [-0.4, -0.2) is 17.2 Å². The average Bonchev–Trinajstić information content (AvgIpc) is 2.65. The summed E-state index contributed by atoms with van der Waals surface area (Å²) in [5.41, 5.74) is 1.47. The van der Waals surface area contributed by atoms with E-state index in [2.05, 4.69) is 51.1 Å². The third kappa shape index (κ3) is 6.63. The van der Waals surface area contributed by atoms with Crippen LogP contribution in [0.3, 0.4) is 0 Å². The van der Waals surface area contributed by atoms with Crippen molar-refractivity contribution in [1.82, 2.24) is 0 Å². The van der Waals surface area contributed by atoms with Crippen molar-refractivity contribution in [3.8, 4) is 0 Å². The van der Waals surface area contributed by atoms with E-state index in [-0.39, 0.29) is 11.5 Å². The Hall–Kier alpha value is -0.430. The maximum atomic E-state index is 10.5. The molecule has 0 radical (unpaired) electrons. The van der Waals surface area contributed by atoms with Crippen molar-refractivity contribution in [3.63, 3.8) is 0 Å². The third-order valence-corrected chi connectivity index (χ3v) is 7.32. The highest BCUT2D eigenvalue weighted by Gasteiger charge is 2.39. The van der Waals surface area contributed by atoms with Gasteiger partial charge in [-0.3, -0.25) is 0 Å². The summed E-state index contributed by atoms with van der Waals surface area (Å²) in [5, 5.41) is 0. The number of hydrogen-bond acceptors (Lipinski definition) is 2. The lowest BCUT2D eigenvalue weighted by molar-refractivity contribution is 0.0530. The number of hydrogen-bond donors (Lipinski definition) is 1. The van der Waals surface area contributed by atoms with Gasteiger partial charge in [0, 0.05) is 6.16 Å². The van der Waals surface area contributed by atoms with Crippen molar-refractivity contribution < 1.29 is 9.42 Å². The molecule has 1 saturated carbocycles. The molecule has 0 aliphatic heterocycles. The fraction of sp³-hybridized carbons (Fsp3) is 0.739. The highest BCUT2D eigenvalue weighted by molar-refractivity contribution is 7.46. The summed E-state index contributed by atoms with van der Waals surface area (Å²) in [6.45, 7) is 6.95. The van der Waals surface area contributed by atoms with Crippen LogP contribution in [0.2, 0.25) is 0 Å². The molecule has 1 aliphatic rings. The molecular weight excluding hydrogens is 339 g/mol. The Balaban J connectivity index is 1.86. The quantitative estimate of drug-likeness (QED) is 0.326. The first-order valence-corrected chi connectivity index (χ1v) is 12.1. The highest BCUT2D eigenvalue weighted by atomic mass is 31.2. The van der Waals surface area contributed by atoms with Gasteiger partial charge in [-0.05, 0) is 36.2 Å². The number of benzene rings is 1. The lowest BCUT2D eigenvalue weighted by Crippen LogP contribution is -2.40. The molecule has 3 unspecified atom stereocenters. The summed E-state index contributed by atoms with van der Waals surface area (Å²) in [6, 6.07) is 10.8. The molecule has 2 nitrogen and oxygen atoms in total. The maximum absolute atomic E-state index is 10.5. The van der Waals surface area contributed by atoms with E-state index in [4.69, 9.17) is 4.52 Å². The maximum Gasteiger partial charge on any atom is 0.167 e. The Bertz CT molecular complexity index is 488. The first-order valence-electron chi connectivity index (χ1n) is 10.7. The van der Waals surface area contributed by atoms with Crippen LogP contribution in [0.25, 0.3) is 0 Å². The van der Waals surface area contributed by atoms with Crippen LogP contribution in [0.4, 0.5) is 0 Å². The zero-order valence-electron chi connectivity index (χ0n) is 17.1. The molecule has 148 valence electrons. The minimum absolute atomic E-state index is 0.0860. The van der Waals surface area contributed by atoms with Crippen LogP contribution in [0.1, 0.15) is 90.5 Å². The van der Waals surface area contributed by atoms with Gasteiger partial charge in [-0.1, -0.05) is 96.0 Å². The van der Waals surface area contributed by atoms with E-state index >= 15 is 0 Å². The molecule has 26 heavy (non-hydrogen) atoms. The van der Waals surface area contributed by atoms with Gasteiger partial charge in [0.1, 0.15) is 0 Å². The fourth-order valence-electron chi connectivity index (χ4n) is 4.37. The van der Waals surface area contributed by atoms with Crippen LogP contribution < -0.4 is 0 Å². The second kappa shape index (κ2) is 11.4. The Kier molecular flexibility index (Phi) is 9.61. The molecule has 3 atom stereocenters. The first-order chi connectivity index (χ1) is 12.6. The topological polar surface area (TPSA) is 29.5 Å². The summed E-state index contributed by atoms with van der Waals surface area (Å²) in [5.74, 6) is 0.486. The molecule has 0 spiro atoms. The van der Waals surface area contributed by atoms with Crippen LogP contribution in [-0.2, 0) is 9.94 Å². The van der Waals surface area contributed by atoms with Gasteiger partial charge in [0.15, 0.2) is 8.38 Å². The molecule has 1 aliphatic carbocycles. The summed E-state index contributed by atoms with van der Waals surface area (Å²) in [7, 11) is -1.27. The van der Waals surface area contributed by atoms with E-state index in [0.717, 1.165) is 19.0 Å². The molecule has 0 aromatic heterocycles. The van der Waals surface area contributed by atoms with Crippen molar-refractivity contribution in [2.75, 3.05) is 6.16 Å². The van der Waals surface area contributed by atoms with Crippen LogP contribution in [0.5, 0.6) is 0 Å². The molecular formula is C23H39O2P. The normalized spacial score (nSPS) is 22.3. The molecule has 2 rings (SSSR count). The zero-order chi connectivity index (χ0) is 18.8. The second-order valence-corrected chi connectivity index (χ2v) is 9.83. The summed E-state index contributed by atoms with van der Waals surface area (Å²) < 4.78 is 6.26. The third-order valence-electron chi connectivity index (χ3n) is 6.11. The molecule has 0 heterocycles. The zero-order valence-corrected chi connectivity index (χ0v) is 18.0. The predicted octanol–water partition coefficient (Wildman–Crippen LogP) is 7.20. The Labute approximate surface area is 162 Å². The molecule has 3 heteroatoms. The van der Waals surface area contributed by atoms with Crippen LogP contribution >= 0.6 is 8.38 Å². The Morgan fingerprint density at radius 1 is 1.00 bits per heavy atom. The van der Waals surface area contributed by atoms with Crippen LogP contribution in [0.15, 0.2) is 30.3 Å². The summed E-state index contributed by atoms with van der Waals surface area (Å²) >= 11 is 0. The molecule has 1 fully saturated rings. The van der Waals surface area contributed by atoms with E-state index in [9.17, 15) is 4.89 Å². The van der Waals surface area contributed by atoms with Gasteiger partial charge in [0.2, 0.25) is 0 Å². The smallest absolute Gasteiger partial charge is 0.167 e. The molecule has 1 aromatic carbocycles. The van der Waals surface area contributed by atoms with Crippen molar-refractivity contribution in [2.45, 2.75) is 96.5 Å². The SMILES string of the molecule is CCCCCCCCP(O)OC1CCCCC1C(C)(C)c1ccccc1. The first kappa shape index (κ1) is 21.9. The van der Waals surface area contributed by atoms with E-state index < -0.39 is 8.38 Å². The largest absolute Gasteiger partial charge is 0.350 e. The van der Waals surface area contributed by atoms with E-state index in [0.29, 0.717) is 5.92 Å². The van der Waals surface area contributed by atoms with Gasteiger partial charge < -0.3 is 9.42 Å². The molecule has 1 aromatic rings. The van der Waals surface area contributed by atoms with Gasteiger partial charge in [-0.15, -0.1) is 0 Å². The predicted molar refractivity (Wildman–Crippen MR) is 114 cm³/mol. The summed E-state index contributed by atoms with van der Waals surface area (Å²) in [4.78, 5) is 10.5. The molecule has 0 saturated heterocycles. The second-order valence-electron chi connectivity index (χ2n) is 8.47. The lowest BCUT2D eigenvalue weighted by atomic mass is 9.66. The fourth-order valence-corrected chi connectivity index (χ4v) is 5.53. The minimum atomic E-state index is -1.27. The molecule has 0 bridgehead atoms. The lowest BCUT2D eigenvalue weighted by Gasteiger charge is -2.43. The van der Waals surface area contributed by atoms with Crippen molar-refractivity contribution >= 4 is 8.38 Å². The van der Waals surface area contributed by atoms with Gasteiger partial charge in [-0.2, -0.15) is 0 Å². The highest BCUT2D eigenvalue weighted by Crippen LogP contribution is 2.46. The summed E-state index contributed by atoms with van der Waals surface area (Å²) in [6.07, 6.45) is 13.4. The van der Waals surface area contributed by atoms with Gasteiger partial charge in [0.05, 0.1) is 6.10 Å². The standard InChI is InChI=1S/C23H39O2P/c1-4-5-6-7-8-14-19-26(24)25-22-18-13-12-17-21(22)23(2,3)20-15-10-9-11-16-20/h9-11,15-16,21-22,24H,4-8,12-14,17-19H2,1-3H3. The van der Waals surface area contributed by atoms with Crippen LogP contribution in [0, 0.1) is 5.92 Å². The van der Waals surface area contributed by atoms with E-state index in [1.807, 2.05) is 0 Å². The molecule has 0 amide bonds. The van der Waals surface area contributed by atoms with Gasteiger partial charge in [0.25, 0.3) is 0 Å². The van der Waals surface area contributed by atoms with E-state index in [1.54, 1.807) is 0 Å². The number of rotatable bonds is 11. The minimum Gasteiger partial charge on any atom is -0.350 e. The van der Waals surface area contributed by atoms with Gasteiger partial charge in [-0.25, -0.2) is 0 Å². The monoisotopic (exact) mass is 378 g/mol. The number of unbranched alkanes of at least 4 members (excludes halogenated alkanes) is 5. The van der Waals surface area contributed by atoms with Crippen molar-refractivity contribution in [1.29, 1.82) is 0 Å². The average molecular weight is 379 g/mol. The van der Waals surface area contributed by atoms with Gasteiger partial charge >= 0.3 is 0 Å². The van der Waals surface area contributed by atoms with Crippen molar-refractivity contribution in [3.05, 3.63) is 35.9 Å². The Morgan fingerprint density at radius 2 is 1.65 bits per heavy atom. The van der Waals surface area contributed by atoms with Crippen molar-refractivity contribution in [2.24, 2.45) is 5.92 Å².